The molecule has 0 fully saturated rings. The van der Waals surface area contributed by atoms with Gasteiger partial charge in [0.1, 0.15) is 5.82 Å². The second-order valence-corrected chi connectivity index (χ2v) is 5.57. The van der Waals surface area contributed by atoms with Gasteiger partial charge in [0, 0.05) is 18.3 Å². The highest BCUT2D eigenvalue weighted by Crippen LogP contribution is 2.29. The molecule has 1 aliphatic rings. The van der Waals surface area contributed by atoms with E-state index in [2.05, 4.69) is 10.4 Å². The van der Waals surface area contributed by atoms with Gasteiger partial charge in [0.25, 0.3) is 5.91 Å². The number of amides is 1. The van der Waals surface area contributed by atoms with Crippen molar-refractivity contribution in [1.82, 2.24) is 15.1 Å². The van der Waals surface area contributed by atoms with Crippen LogP contribution in [0.3, 0.4) is 0 Å². The number of hydrogen-bond donors (Lipinski definition) is 1. The Balaban J connectivity index is 1.84. The minimum atomic E-state index is -0.486. The van der Waals surface area contributed by atoms with Crippen LogP contribution >= 0.6 is 0 Å². The number of aromatic nitrogens is 2. The molecular formula is C16H18FN3O. The first-order chi connectivity index (χ1) is 10.1. The van der Waals surface area contributed by atoms with Gasteiger partial charge in [0.2, 0.25) is 0 Å². The first-order valence-corrected chi connectivity index (χ1v) is 7.14. The average molecular weight is 287 g/mol. The van der Waals surface area contributed by atoms with Gasteiger partial charge in [0.15, 0.2) is 0 Å². The fourth-order valence-corrected chi connectivity index (χ4v) is 2.91. The highest BCUT2D eigenvalue weighted by atomic mass is 19.1. The lowest BCUT2D eigenvalue weighted by Gasteiger charge is -2.24. The van der Waals surface area contributed by atoms with Crippen molar-refractivity contribution < 1.29 is 9.18 Å². The number of nitrogens with zero attached hydrogens (tertiary/aromatic N) is 2. The van der Waals surface area contributed by atoms with Crippen molar-refractivity contribution in [3.63, 3.8) is 0 Å². The summed E-state index contributed by atoms with van der Waals surface area (Å²) in [6.45, 7) is 1.84. The Morgan fingerprint density at radius 3 is 3.10 bits per heavy atom. The SMILES string of the molecule is Cc1ccc(F)c(C(=O)NC2CCCc3c2cnn3C)c1. The quantitative estimate of drug-likeness (QED) is 0.923. The van der Waals surface area contributed by atoms with Crippen LogP contribution in [-0.4, -0.2) is 15.7 Å². The molecule has 3 rings (SSSR count). The number of fused-ring (bicyclic) bond motifs is 1. The van der Waals surface area contributed by atoms with Crippen LogP contribution in [0, 0.1) is 12.7 Å². The highest BCUT2D eigenvalue weighted by molar-refractivity contribution is 5.95. The Hall–Kier alpha value is -2.17. The van der Waals surface area contributed by atoms with Gasteiger partial charge < -0.3 is 5.32 Å². The summed E-state index contributed by atoms with van der Waals surface area (Å²) in [5.41, 5.74) is 3.17. The van der Waals surface area contributed by atoms with E-state index in [0.717, 1.165) is 36.1 Å². The second kappa shape index (κ2) is 5.31. The number of nitrogens with one attached hydrogen (secondary N) is 1. The molecule has 21 heavy (non-hydrogen) atoms. The number of benzene rings is 1. The third-order valence-electron chi connectivity index (χ3n) is 4.05. The average Bonchev–Trinajstić information content (AvgIpc) is 2.84. The Morgan fingerprint density at radius 2 is 2.29 bits per heavy atom. The largest absolute Gasteiger partial charge is 0.345 e. The Morgan fingerprint density at radius 1 is 1.48 bits per heavy atom. The number of hydrogen-bond acceptors (Lipinski definition) is 2. The highest BCUT2D eigenvalue weighted by Gasteiger charge is 2.25. The Bertz CT molecular complexity index is 693. The standard InChI is InChI=1S/C16H18FN3O/c1-10-6-7-13(17)11(8-10)16(21)19-14-4-3-5-15-12(14)9-18-20(15)2/h6-9,14H,3-5H2,1-2H3,(H,19,21). The summed E-state index contributed by atoms with van der Waals surface area (Å²) in [5.74, 6) is -0.849. The van der Waals surface area contributed by atoms with E-state index in [0.29, 0.717) is 0 Å². The molecule has 0 radical (unpaired) electrons. The lowest BCUT2D eigenvalue weighted by molar-refractivity contribution is 0.0928. The van der Waals surface area contributed by atoms with Crippen molar-refractivity contribution in [3.8, 4) is 0 Å². The predicted octanol–water partition coefficient (Wildman–Crippen LogP) is 2.68. The third kappa shape index (κ3) is 2.55. The van der Waals surface area contributed by atoms with E-state index in [1.54, 1.807) is 18.3 Å². The van der Waals surface area contributed by atoms with Crippen LogP contribution in [0.15, 0.2) is 24.4 Å². The lowest BCUT2D eigenvalue weighted by Crippen LogP contribution is -2.31. The van der Waals surface area contributed by atoms with Gasteiger partial charge in [-0.15, -0.1) is 0 Å². The maximum Gasteiger partial charge on any atom is 0.254 e. The van der Waals surface area contributed by atoms with E-state index in [9.17, 15) is 9.18 Å². The second-order valence-electron chi connectivity index (χ2n) is 5.57. The monoisotopic (exact) mass is 287 g/mol. The maximum atomic E-state index is 13.8. The van der Waals surface area contributed by atoms with Crippen LogP contribution in [0.5, 0.6) is 0 Å². The van der Waals surface area contributed by atoms with Crippen molar-refractivity contribution in [2.75, 3.05) is 0 Å². The number of rotatable bonds is 2. The van der Waals surface area contributed by atoms with Crippen LogP contribution in [0.25, 0.3) is 0 Å². The maximum absolute atomic E-state index is 13.8. The molecular weight excluding hydrogens is 269 g/mol. The van der Waals surface area contributed by atoms with Crippen LogP contribution in [-0.2, 0) is 13.5 Å². The van der Waals surface area contributed by atoms with Gasteiger partial charge in [-0.05, 0) is 38.3 Å². The first-order valence-electron chi connectivity index (χ1n) is 7.14. The minimum Gasteiger partial charge on any atom is -0.345 e. The van der Waals surface area contributed by atoms with E-state index in [1.807, 2.05) is 18.7 Å². The topological polar surface area (TPSA) is 46.9 Å². The molecule has 0 saturated heterocycles. The molecule has 1 heterocycles. The minimum absolute atomic E-state index is 0.0881. The summed E-state index contributed by atoms with van der Waals surface area (Å²) < 4.78 is 15.6. The summed E-state index contributed by atoms with van der Waals surface area (Å²) in [5, 5.41) is 7.19. The smallest absolute Gasteiger partial charge is 0.254 e. The van der Waals surface area contributed by atoms with Crippen LogP contribution in [0.1, 0.15) is 46.1 Å². The zero-order valence-corrected chi connectivity index (χ0v) is 12.2. The number of halogens is 1. The van der Waals surface area contributed by atoms with Crippen molar-refractivity contribution in [2.45, 2.75) is 32.2 Å². The molecule has 0 aliphatic heterocycles. The Kier molecular flexibility index (Phi) is 3.49. The van der Waals surface area contributed by atoms with Gasteiger partial charge >= 0.3 is 0 Å². The number of carbonyl (C=O) groups excluding carboxylic acids is 1. The van der Waals surface area contributed by atoms with Gasteiger partial charge in [0.05, 0.1) is 17.8 Å². The summed E-state index contributed by atoms with van der Waals surface area (Å²) in [6, 6.07) is 4.49. The molecule has 1 atom stereocenters. The van der Waals surface area contributed by atoms with E-state index in [-0.39, 0.29) is 17.5 Å². The van der Waals surface area contributed by atoms with Crippen LogP contribution in [0.2, 0.25) is 0 Å². The normalized spacial score (nSPS) is 17.4. The molecule has 5 heteroatoms. The lowest BCUT2D eigenvalue weighted by atomic mass is 9.92. The summed E-state index contributed by atoms with van der Waals surface area (Å²) in [7, 11) is 1.91. The van der Waals surface area contributed by atoms with Crippen molar-refractivity contribution in [1.29, 1.82) is 0 Å². The molecule has 0 bridgehead atoms. The van der Waals surface area contributed by atoms with Gasteiger partial charge in [-0.25, -0.2) is 4.39 Å². The number of aryl methyl sites for hydroxylation is 2. The zero-order valence-electron chi connectivity index (χ0n) is 12.2. The molecule has 1 aromatic carbocycles. The molecule has 1 unspecified atom stereocenters. The number of carbonyl (C=O) groups is 1. The van der Waals surface area contributed by atoms with E-state index in [4.69, 9.17) is 0 Å². The van der Waals surface area contributed by atoms with Crippen molar-refractivity contribution >= 4 is 5.91 Å². The van der Waals surface area contributed by atoms with Gasteiger partial charge in [-0.2, -0.15) is 5.10 Å². The Labute approximate surface area is 123 Å². The first kappa shape index (κ1) is 13.8. The molecule has 1 amide bonds. The zero-order chi connectivity index (χ0) is 15.0. The van der Waals surface area contributed by atoms with E-state index >= 15 is 0 Å². The van der Waals surface area contributed by atoms with E-state index < -0.39 is 5.82 Å². The van der Waals surface area contributed by atoms with Gasteiger partial charge in [-0.1, -0.05) is 11.6 Å². The summed E-state index contributed by atoms with van der Waals surface area (Å²) >= 11 is 0. The van der Waals surface area contributed by atoms with Gasteiger partial charge in [-0.3, -0.25) is 9.48 Å². The molecule has 0 spiro atoms. The summed E-state index contributed by atoms with van der Waals surface area (Å²) in [4.78, 5) is 12.3. The van der Waals surface area contributed by atoms with Crippen molar-refractivity contribution in [2.24, 2.45) is 7.05 Å². The predicted molar refractivity (Wildman–Crippen MR) is 77.5 cm³/mol. The summed E-state index contributed by atoms with van der Waals surface area (Å²) in [6.07, 6.45) is 4.62. The molecule has 0 saturated carbocycles. The molecule has 4 nitrogen and oxygen atoms in total. The molecule has 1 aromatic heterocycles. The molecule has 2 aromatic rings. The third-order valence-corrected chi connectivity index (χ3v) is 4.05. The van der Waals surface area contributed by atoms with Crippen molar-refractivity contribution in [3.05, 3.63) is 52.6 Å². The van der Waals surface area contributed by atoms with E-state index in [1.165, 1.54) is 6.07 Å². The molecule has 1 N–H and O–H groups in total. The fraction of sp³-hybridized carbons (Fsp3) is 0.375. The molecule has 1 aliphatic carbocycles. The molecule has 110 valence electrons. The van der Waals surface area contributed by atoms with Crippen LogP contribution < -0.4 is 5.32 Å². The fourth-order valence-electron chi connectivity index (χ4n) is 2.91. The van der Waals surface area contributed by atoms with Crippen LogP contribution in [0.4, 0.5) is 4.39 Å².